The lowest BCUT2D eigenvalue weighted by molar-refractivity contribution is -0.142. The summed E-state index contributed by atoms with van der Waals surface area (Å²) >= 11 is 3.77. The number of halogens is 1. The summed E-state index contributed by atoms with van der Waals surface area (Å²) in [5, 5.41) is 28.3. The number of carbonyl (C=O) groups is 2. The predicted octanol–water partition coefficient (Wildman–Crippen LogP) is 5.90. The van der Waals surface area contributed by atoms with Gasteiger partial charge in [0, 0.05) is 29.1 Å². The van der Waals surface area contributed by atoms with E-state index in [1.807, 2.05) is 32.0 Å². The van der Waals surface area contributed by atoms with Crippen molar-refractivity contribution in [1.29, 1.82) is 0 Å². The number of anilines is 1. The summed E-state index contributed by atoms with van der Waals surface area (Å²) in [6.45, 7) is 10.5. The van der Waals surface area contributed by atoms with Crippen molar-refractivity contribution in [2.45, 2.75) is 77.9 Å². The van der Waals surface area contributed by atoms with Gasteiger partial charge >= 0.3 is 0 Å². The van der Waals surface area contributed by atoms with Crippen LogP contribution in [-0.4, -0.2) is 77.8 Å². The van der Waals surface area contributed by atoms with Crippen LogP contribution in [0.5, 0.6) is 11.6 Å². The molecule has 0 amide bonds. The van der Waals surface area contributed by atoms with Gasteiger partial charge < -0.3 is 29.1 Å². The molecule has 240 valence electrons. The fourth-order valence-corrected chi connectivity index (χ4v) is 7.87. The topological polar surface area (TPSA) is 126 Å². The molecular weight excluding hydrogens is 630 g/mol. The zero-order valence-electron chi connectivity index (χ0n) is 26.5. The number of fused-ring (bicyclic) bond motifs is 4. The highest BCUT2D eigenvalue weighted by atomic mass is 79.9. The summed E-state index contributed by atoms with van der Waals surface area (Å²) < 4.78 is 18.5. The van der Waals surface area contributed by atoms with Gasteiger partial charge in [-0.3, -0.25) is 14.5 Å². The van der Waals surface area contributed by atoms with Crippen LogP contribution in [0.15, 0.2) is 20.6 Å². The van der Waals surface area contributed by atoms with Crippen LogP contribution in [-0.2, 0) is 11.2 Å². The van der Waals surface area contributed by atoms with Crippen LogP contribution in [0.4, 0.5) is 5.69 Å². The number of aliphatic hydroxyl groups excluding tert-OH is 1. The number of nitrogens with zero attached hydrogens (tertiary/aromatic N) is 3. The summed E-state index contributed by atoms with van der Waals surface area (Å²) in [6.07, 6.45) is 4.10. The maximum atomic E-state index is 14.5. The van der Waals surface area contributed by atoms with Crippen molar-refractivity contribution in [3.63, 3.8) is 0 Å². The van der Waals surface area contributed by atoms with Gasteiger partial charge in [0.25, 0.3) is 5.88 Å². The maximum absolute atomic E-state index is 14.5. The molecule has 4 atom stereocenters. The van der Waals surface area contributed by atoms with Crippen molar-refractivity contribution in [1.82, 2.24) is 10.1 Å². The number of hydrogen-bond acceptors (Lipinski definition) is 10. The van der Waals surface area contributed by atoms with Gasteiger partial charge in [-0.25, -0.2) is 0 Å². The van der Waals surface area contributed by atoms with E-state index in [0.717, 1.165) is 54.5 Å². The Morgan fingerprint density at radius 1 is 1.05 bits per heavy atom. The number of aromatic nitrogens is 1. The lowest BCUT2D eigenvalue weighted by Crippen LogP contribution is -2.63. The number of benzene rings is 1. The molecule has 10 nitrogen and oxygen atoms in total. The average Bonchev–Trinajstić information content (AvgIpc) is 3.40. The molecule has 0 radical (unpaired) electrons. The molecule has 1 aromatic heterocycles. The Morgan fingerprint density at radius 3 is 2.32 bits per heavy atom. The van der Waals surface area contributed by atoms with Crippen molar-refractivity contribution < 1.29 is 33.8 Å². The van der Waals surface area contributed by atoms with E-state index < -0.39 is 35.0 Å². The first-order valence-corrected chi connectivity index (χ1v) is 16.6. The minimum atomic E-state index is -2.42. The first-order valence-electron chi connectivity index (χ1n) is 15.8. The van der Waals surface area contributed by atoms with Crippen molar-refractivity contribution >= 4 is 38.9 Å². The first kappa shape index (κ1) is 32.5. The van der Waals surface area contributed by atoms with Gasteiger partial charge in [0.15, 0.2) is 11.4 Å². The number of Topliss-reactive ketones (excluding diaryl/α,β-unsaturated/α-hetero) is 2. The third kappa shape index (κ3) is 5.04. The highest BCUT2D eigenvalue weighted by Crippen LogP contribution is 2.57. The first-order chi connectivity index (χ1) is 21.1. The highest BCUT2D eigenvalue weighted by Gasteiger charge is 2.65. The van der Waals surface area contributed by atoms with Gasteiger partial charge in [0.1, 0.15) is 17.1 Å². The Balaban J connectivity index is 1.68. The molecule has 1 fully saturated rings. The molecule has 0 bridgehead atoms. The number of rotatable bonds is 12. The van der Waals surface area contributed by atoms with E-state index >= 15 is 0 Å². The monoisotopic (exact) mass is 673 g/mol. The summed E-state index contributed by atoms with van der Waals surface area (Å²) in [6, 6.07) is 1.23. The van der Waals surface area contributed by atoms with Crippen LogP contribution in [0.2, 0.25) is 0 Å². The Morgan fingerprint density at radius 2 is 1.70 bits per heavy atom. The molecule has 11 heteroatoms. The van der Waals surface area contributed by atoms with Crippen molar-refractivity contribution in [2.75, 3.05) is 45.3 Å². The highest BCUT2D eigenvalue weighted by molar-refractivity contribution is 9.10. The van der Waals surface area contributed by atoms with Crippen LogP contribution in [0.1, 0.15) is 93.1 Å². The van der Waals surface area contributed by atoms with E-state index in [2.05, 4.69) is 46.8 Å². The summed E-state index contributed by atoms with van der Waals surface area (Å²) in [5.41, 5.74) is -0.0683. The molecule has 5 rings (SSSR count). The Hall–Kier alpha value is -2.89. The quantitative estimate of drug-likeness (QED) is 0.208. The second kappa shape index (κ2) is 12.8. The zero-order chi connectivity index (χ0) is 31.9. The molecule has 3 aliphatic carbocycles. The lowest BCUT2D eigenvalue weighted by atomic mass is 9.57. The SMILES string of the molecule is CCCCOc1cc(Br)c(N(CC)CC)c2c1C(O)=C1C(=O)[C@]3(O)C(=O)c4c(OCCCC)noc4[C@@H](N(C)C)[C@@H]3C[C@@H]1C2. The smallest absolute Gasteiger partial charge is 0.265 e. The predicted molar refractivity (Wildman–Crippen MR) is 171 cm³/mol. The molecule has 44 heavy (non-hydrogen) atoms. The molecule has 1 aromatic carbocycles. The molecule has 1 heterocycles. The zero-order valence-corrected chi connectivity index (χ0v) is 28.1. The molecule has 2 aromatic rings. The number of unbranched alkanes of at least 4 members (excludes halogenated alkanes) is 2. The van der Waals surface area contributed by atoms with E-state index in [0.29, 0.717) is 36.7 Å². The number of aliphatic hydroxyl groups is 2. The summed E-state index contributed by atoms with van der Waals surface area (Å²) in [5.74, 6) is -2.32. The Labute approximate surface area is 267 Å². The van der Waals surface area contributed by atoms with Crippen LogP contribution in [0.25, 0.3) is 5.76 Å². The van der Waals surface area contributed by atoms with Crippen LogP contribution >= 0.6 is 15.9 Å². The molecule has 2 N–H and O–H groups in total. The molecule has 0 unspecified atom stereocenters. The minimum absolute atomic E-state index is 0.00186. The second-order valence-electron chi connectivity index (χ2n) is 12.2. The van der Waals surface area contributed by atoms with Crippen LogP contribution in [0.3, 0.4) is 0 Å². The maximum Gasteiger partial charge on any atom is 0.265 e. The summed E-state index contributed by atoms with van der Waals surface area (Å²) in [7, 11) is 3.65. The molecule has 0 spiro atoms. The second-order valence-corrected chi connectivity index (χ2v) is 13.1. The van der Waals surface area contributed by atoms with E-state index in [1.165, 1.54) is 0 Å². The van der Waals surface area contributed by atoms with Gasteiger partial charge in [-0.05, 0) is 92.3 Å². The van der Waals surface area contributed by atoms with E-state index in [9.17, 15) is 19.8 Å². The van der Waals surface area contributed by atoms with E-state index in [-0.39, 0.29) is 29.2 Å². The van der Waals surface area contributed by atoms with Gasteiger partial charge in [-0.1, -0.05) is 26.7 Å². The third-order valence-electron chi connectivity index (χ3n) is 9.37. The number of hydrogen-bond donors (Lipinski definition) is 2. The van der Waals surface area contributed by atoms with Gasteiger partial charge in [0.05, 0.1) is 30.5 Å². The molecular formula is C33H44BrN3O7. The van der Waals surface area contributed by atoms with Crippen molar-refractivity contribution in [3.8, 4) is 11.6 Å². The minimum Gasteiger partial charge on any atom is -0.507 e. The van der Waals surface area contributed by atoms with Gasteiger partial charge in [0.2, 0.25) is 11.6 Å². The average molecular weight is 675 g/mol. The molecule has 0 aliphatic heterocycles. The van der Waals surface area contributed by atoms with E-state index in [1.54, 1.807) is 0 Å². The van der Waals surface area contributed by atoms with Crippen molar-refractivity contribution in [2.24, 2.45) is 11.8 Å². The number of carbonyl (C=O) groups excluding carboxylic acids is 2. The molecule has 1 saturated carbocycles. The van der Waals surface area contributed by atoms with Crippen LogP contribution < -0.4 is 14.4 Å². The van der Waals surface area contributed by atoms with Gasteiger partial charge in [-0.2, -0.15) is 0 Å². The molecule has 0 saturated heterocycles. The number of ether oxygens (including phenoxy) is 2. The number of ketones is 2. The lowest BCUT2D eigenvalue weighted by Gasteiger charge is -2.49. The Kier molecular flexibility index (Phi) is 9.49. The molecule has 3 aliphatic rings. The van der Waals surface area contributed by atoms with Crippen LogP contribution in [0, 0.1) is 11.8 Å². The fraction of sp³-hybridized carbons (Fsp3) is 0.606. The standard InChI is InChI=1S/C33H44BrN3O7/c1-7-11-13-42-22-17-21(34)26(37(9-3)10-4)19-15-18-16-20-27(36(5)6)29-25(32(35-44-29)43-14-12-8-2)31(40)33(20,41)30(39)23(18)28(38)24(19)22/h17-18,20,27,38,41H,7-16H2,1-6H3/t18-,20-,27-,33-/m0/s1. The fourth-order valence-electron chi connectivity index (χ4n) is 7.18. The Bertz CT molecular complexity index is 1460. The summed E-state index contributed by atoms with van der Waals surface area (Å²) in [4.78, 5) is 32.8. The van der Waals surface area contributed by atoms with E-state index in [4.69, 9.17) is 14.0 Å². The van der Waals surface area contributed by atoms with Gasteiger partial charge in [-0.15, -0.1) is 0 Å². The normalized spacial score (nSPS) is 24.2. The third-order valence-corrected chi connectivity index (χ3v) is 9.98. The largest absolute Gasteiger partial charge is 0.507 e. The van der Waals surface area contributed by atoms with Crippen molar-refractivity contribution in [3.05, 3.63) is 38.6 Å².